The van der Waals surface area contributed by atoms with Crippen molar-refractivity contribution in [1.29, 1.82) is 0 Å². The molecule has 0 bridgehead atoms. The topological polar surface area (TPSA) is 58.6 Å². The second-order valence-corrected chi connectivity index (χ2v) is 6.50. The average Bonchev–Trinajstić information content (AvgIpc) is 2.44. The highest BCUT2D eigenvalue weighted by Crippen LogP contribution is 2.42. The predicted octanol–water partition coefficient (Wildman–Crippen LogP) is 4.69. The minimum Gasteiger partial charge on any atom is -0.746 e. The van der Waals surface area contributed by atoms with E-state index in [4.69, 9.17) is 9.05 Å². The summed E-state index contributed by atoms with van der Waals surface area (Å²) < 4.78 is 22.2. The molecule has 0 aliphatic rings. The van der Waals surface area contributed by atoms with E-state index in [0.717, 1.165) is 38.5 Å². The molecule has 0 N–H and O–H groups in total. The number of benzene rings is 1. The van der Waals surface area contributed by atoms with Gasteiger partial charge in [-0.15, -0.1) is 0 Å². The van der Waals surface area contributed by atoms with Crippen LogP contribution in [0.25, 0.3) is 0 Å². The highest BCUT2D eigenvalue weighted by atomic mass is 31.2. The highest BCUT2D eigenvalue weighted by Gasteiger charge is 2.18. The van der Waals surface area contributed by atoms with Gasteiger partial charge in [0.25, 0.3) is 0 Å². The summed E-state index contributed by atoms with van der Waals surface area (Å²) in [5, 5.41) is 0. The summed E-state index contributed by atoms with van der Waals surface area (Å²) in [5.41, 5.74) is 0. The van der Waals surface area contributed by atoms with E-state index in [1.165, 1.54) is 6.42 Å². The van der Waals surface area contributed by atoms with Gasteiger partial charge in [0.1, 0.15) is 5.75 Å². The van der Waals surface area contributed by atoms with Gasteiger partial charge in [0.05, 0.1) is 6.10 Å². The number of phosphoric ester groups is 1. The molecule has 0 aliphatic heterocycles. The van der Waals surface area contributed by atoms with Crippen LogP contribution in [0.1, 0.15) is 58.8 Å². The third-order valence-corrected chi connectivity index (χ3v) is 4.22. The van der Waals surface area contributed by atoms with Gasteiger partial charge < -0.3 is 13.9 Å². The van der Waals surface area contributed by atoms with Crippen molar-refractivity contribution in [3.63, 3.8) is 0 Å². The Hall–Kier alpha value is -0.830. The number of hydrogen-bond acceptors (Lipinski definition) is 4. The number of para-hydroxylation sites is 1. The predicted molar refractivity (Wildman–Crippen MR) is 83.2 cm³/mol. The van der Waals surface area contributed by atoms with Crippen LogP contribution < -0.4 is 9.42 Å². The number of hydrogen-bond donors (Lipinski definition) is 0. The molecular formula is C16H26O4P-. The van der Waals surface area contributed by atoms with Gasteiger partial charge in [-0.2, -0.15) is 0 Å². The molecule has 0 spiro atoms. The molecule has 0 amide bonds. The Morgan fingerprint density at radius 2 is 1.76 bits per heavy atom. The summed E-state index contributed by atoms with van der Waals surface area (Å²) >= 11 is 0. The highest BCUT2D eigenvalue weighted by molar-refractivity contribution is 7.46. The molecule has 0 saturated heterocycles. The zero-order chi connectivity index (χ0) is 15.6. The van der Waals surface area contributed by atoms with E-state index in [1.807, 2.05) is 6.92 Å². The van der Waals surface area contributed by atoms with E-state index >= 15 is 0 Å². The van der Waals surface area contributed by atoms with E-state index in [9.17, 15) is 9.46 Å². The summed E-state index contributed by atoms with van der Waals surface area (Å²) in [6.07, 6.45) is 6.55. The molecule has 1 rings (SSSR count). The second kappa shape index (κ2) is 9.99. The summed E-state index contributed by atoms with van der Waals surface area (Å²) in [6, 6.07) is 8.46. The summed E-state index contributed by atoms with van der Waals surface area (Å²) in [6.45, 7) is 4.18. The molecule has 0 saturated carbocycles. The standard InChI is InChI=1S/C16H27O4P/c1-3-5-6-8-12-15(11-4-2)19-21(17,18)20-16-13-9-7-10-14-16/h7,9-10,13-15H,3-6,8,11-12H2,1-2H3,(H,17,18)/p-1. The first-order valence-electron chi connectivity index (χ1n) is 7.81. The lowest BCUT2D eigenvalue weighted by Crippen LogP contribution is -2.19. The molecular weight excluding hydrogens is 287 g/mol. The first-order chi connectivity index (χ1) is 10.1. The third kappa shape index (κ3) is 8.25. The number of unbranched alkanes of at least 4 members (excludes halogenated alkanes) is 3. The Labute approximate surface area is 128 Å². The SMILES string of the molecule is CCCCCCC(CCC)OP(=O)([O-])Oc1ccccc1. The van der Waals surface area contributed by atoms with Gasteiger partial charge in [-0.1, -0.05) is 64.2 Å². The quantitative estimate of drug-likeness (QED) is 0.439. The first kappa shape index (κ1) is 18.2. The maximum atomic E-state index is 12.0. The van der Waals surface area contributed by atoms with Gasteiger partial charge in [0.15, 0.2) is 0 Å². The van der Waals surface area contributed by atoms with Gasteiger partial charge in [0, 0.05) is 0 Å². The maximum Gasteiger partial charge on any atom is 0.320 e. The molecule has 2 unspecified atom stereocenters. The molecule has 0 radical (unpaired) electrons. The third-order valence-electron chi connectivity index (χ3n) is 3.23. The van der Waals surface area contributed by atoms with Crippen molar-refractivity contribution < 1.29 is 18.5 Å². The van der Waals surface area contributed by atoms with Crippen molar-refractivity contribution in [3.8, 4) is 5.75 Å². The summed E-state index contributed by atoms with van der Waals surface area (Å²) in [4.78, 5) is 12.0. The minimum absolute atomic E-state index is 0.279. The van der Waals surface area contributed by atoms with Crippen molar-refractivity contribution in [2.24, 2.45) is 0 Å². The van der Waals surface area contributed by atoms with Gasteiger partial charge in [-0.05, 0) is 25.0 Å². The van der Waals surface area contributed by atoms with Crippen LogP contribution in [-0.4, -0.2) is 6.10 Å². The first-order valence-corrected chi connectivity index (χ1v) is 9.27. The molecule has 0 heterocycles. The van der Waals surface area contributed by atoms with Crippen molar-refractivity contribution in [3.05, 3.63) is 30.3 Å². The van der Waals surface area contributed by atoms with E-state index in [1.54, 1.807) is 30.3 Å². The van der Waals surface area contributed by atoms with Gasteiger partial charge >= 0.3 is 7.82 Å². The molecule has 4 nitrogen and oxygen atoms in total. The number of rotatable bonds is 11. The Morgan fingerprint density at radius 1 is 1.05 bits per heavy atom. The Bertz CT molecular complexity index is 422. The van der Waals surface area contributed by atoms with E-state index in [2.05, 4.69) is 6.92 Å². The number of phosphoric acid groups is 1. The normalized spacial score (nSPS) is 15.4. The molecule has 0 aromatic heterocycles. The second-order valence-electron chi connectivity index (χ2n) is 5.22. The van der Waals surface area contributed by atoms with Crippen molar-refractivity contribution in [2.75, 3.05) is 0 Å². The molecule has 21 heavy (non-hydrogen) atoms. The van der Waals surface area contributed by atoms with Crippen LogP contribution in [0.2, 0.25) is 0 Å². The lowest BCUT2D eigenvalue weighted by Gasteiger charge is -2.28. The van der Waals surface area contributed by atoms with Gasteiger partial charge in [0.2, 0.25) is 0 Å². The van der Waals surface area contributed by atoms with E-state index in [-0.39, 0.29) is 11.9 Å². The van der Waals surface area contributed by atoms with Crippen molar-refractivity contribution in [1.82, 2.24) is 0 Å². The van der Waals surface area contributed by atoms with Gasteiger partial charge in [-0.3, -0.25) is 4.57 Å². The fourth-order valence-corrected chi connectivity index (χ4v) is 3.18. The molecule has 0 fully saturated rings. The fraction of sp³-hybridized carbons (Fsp3) is 0.625. The van der Waals surface area contributed by atoms with Crippen LogP contribution >= 0.6 is 7.82 Å². The van der Waals surface area contributed by atoms with Crippen molar-refractivity contribution >= 4 is 7.82 Å². The lowest BCUT2D eigenvalue weighted by atomic mass is 10.1. The largest absolute Gasteiger partial charge is 0.746 e. The van der Waals surface area contributed by atoms with E-state index < -0.39 is 7.82 Å². The molecule has 5 heteroatoms. The van der Waals surface area contributed by atoms with Crippen LogP contribution in [0.15, 0.2) is 30.3 Å². The lowest BCUT2D eigenvalue weighted by molar-refractivity contribution is -0.221. The monoisotopic (exact) mass is 313 g/mol. The molecule has 120 valence electrons. The Balaban J connectivity index is 2.49. The van der Waals surface area contributed by atoms with E-state index in [0.29, 0.717) is 0 Å². The molecule has 1 aromatic rings. The summed E-state index contributed by atoms with van der Waals surface area (Å²) in [7, 11) is -4.31. The molecule has 0 aliphatic carbocycles. The van der Waals surface area contributed by atoms with Crippen LogP contribution in [0.3, 0.4) is 0 Å². The van der Waals surface area contributed by atoms with Crippen LogP contribution in [0, 0.1) is 0 Å². The zero-order valence-corrected chi connectivity index (χ0v) is 13.9. The average molecular weight is 313 g/mol. The maximum absolute atomic E-state index is 12.0. The Morgan fingerprint density at radius 3 is 2.38 bits per heavy atom. The molecule has 2 atom stereocenters. The van der Waals surface area contributed by atoms with Crippen molar-refractivity contribution in [2.45, 2.75) is 64.9 Å². The Kier molecular flexibility index (Phi) is 8.67. The van der Waals surface area contributed by atoms with Crippen LogP contribution in [0.5, 0.6) is 5.75 Å². The van der Waals surface area contributed by atoms with Gasteiger partial charge in [-0.25, -0.2) is 0 Å². The zero-order valence-electron chi connectivity index (χ0n) is 13.0. The fourth-order valence-electron chi connectivity index (χ4n) is 2.19. The van der Waals surface area contributed by atoms with Crippen LogP contribution in [-0.2, 0) is 9.09 Å². The van der Waals surface area contributed by atoms with Crippen LogP contribution in [0.4, 0.5) is 0 Å². The molecule has 1 aromatic carbocycles. The smallest absolute Gasteiger partial charge is 0.320 e. The minimum atomic E-state index is -4.31. The summed E-state index contributed by atoms with van der Waals surface area (Å²) in [5.74, 6) is 0.289.